The van der Waals surface area contributed by atoms with Gasteiger partial charge in [-0.15, -0.1) is 0 Å². The normalized spacial score (nSPS) is 13.6. The van der Waals surface area contributed by atoms with E-state index < -0.39 is 17.1 Å². The van der Waals surface area contributed by atoms with Crippen molar-refractivity contribution >= 4 is 16.9 Å². The minimum atomic E-state index is -1.30. The molecule has 0 aliphatic heterocycles. The third-order valence-electron chi connectivity index (χ3n) is 3.81. The number of nitrogens with one attached hydrogen (secondary N) is 1. The highest BCUT2D eigenvalue weighted by molar-refractivity contribution is 5.96. The van der Waals surface area contributed by atoms with Crippen LogP contribution in [0.15, 0.2) is 51.9 Å². The molecule has 1 atom stereocenters. The van der Waals surface area contributed by atoms with E-state index in [4.69, 9.17) is 4.42 Å². The number of amides is 1. The number of carbonyl (C=O) groups excluding carboxylic acids is 1. The highest BCUT2D eigenvalue weighted by Crippen LogP contribution is 2.19. The minimum Gasteiger partial charge on any atom is -0.422 e. The molecule has 1 aromatic carbocycles. The standard InChI is InChI=1S/C17H17N3O4/c1-17(23,12-8-19-20(2)9-12)10-18-15(21)13-7-11-5-3-4-6-14(11)24-16(13)22/h3-9,23H,10H2,1-2H3,(H,18,21). The van der Waals surface area contributed by atoms with Gasteiger partial charge >= 0.3 is 5.63 Å². The molecule has 0 radical (unpaired) electrons. The van der Waals surface area contributed by atoms with Crippen LogP contribution in [0.2, 0.25) is 0 Å². The lowest BCUT2D eigenvalue weighted by atomic mass is 9.99. The van der Waals surface area contributed by atoms with Crippen molar-refractivity contribution in [3.05, 3.63) is 64.3 Å². The number of fused-ring (bicyclic) bond motifs is 1. The minimum absolute atomic E-state index is 0.0657. The summed E-state index contributed by atoms with van der Waals surface area (Å²) in [4.78, 5) is 24.3. The van der Waals surface area contributed by atoms with Gasteiger partial charge in [0, 0.05) is 24.2 Å². The van der Waals surface area contributed by atoms with Gasteiger partial charge in [0.25, 0.3) is 5.91 Å². The van der Waals surface area contributed by atoms with Gasteiger partial charge in [0.05, 0.1) is 12.7 Å². The Morgan fingerprint density at radius 3 is 2.88 bits per heavy atom. The van der Waals surface area contributed by atoms with Crippen molar-refractivity contribution in [2.45, 2.75) is 12.5 Å². The summed E-state index contributed by atoms with van der Waals surface area (Å²) in [5.74, 6) is -0.598. The van der Waals surface area contributed by atoms with Gasteiger partial charge < -0.3 is 14.8 Å². The molecule has 0 spiro atoms. The molecular formula is C17H17N3O4. The summed E-state index contributed by atoms with van der Waals surface area (Å²) in [5, 5.41) is 17.7. The zero-order chi connectivity index (χ0) is 17.3. The molecule has 3 rings (SSSR count). The van der Waals surface area contributed by atoms with Crippen molar-refractivity contribution in [3.8, 4) is 0 Å². The highest BCUT2D eigenvalue weighted by Gasteiger charge is 2.26. The van der Waals surface area contributed by atoms with Gasteiger partial charge in [-0.05, 0) is 19.1 Å². The van der Waals surface area contributed by atoms with Crippen molar-refractivity contribution in [3.63, 3.8) is 0 Å². The Bertz CT molecular complexity index is 956. The maximum atomic E-state index is 12.3. The third-order valence-corrected chi connectivity index (χ3v) is 3.81. The molecule has 2 N–H and O–H groups in total. The quantitative estimate of drug-likeness (QED) is 0.701. The second-order valence-corrected chi connectivity index (χ2v) is 5.84. The van der Waals surface area contributed by atoms with E-state index in [0.29, 0.717) is 16.5 Å². The Morgan fingerprint density at radius 2 is 2.17 bits per heavy atom. The number of para-hydroxylation sites is 1. The number of hydrogen-bond donors (Lipinski definition) is 2. The Morgan fingerprint density at radius 1 is 1.42 bits per heavy atom. The van der Waals surface area contributed by atoms with E-state index in [1.165, 1.54) is 12.3 Å². The molecule has 0 aliphatic carbocycles. The highest BCUT2D eigenvalue weighted by atomic mass is 16.4. The fourth-order valence-electron chi connectivity index (χ4n) is 2.37. The Labute approximate surface area is 137 Å². The molecule has 7 heteroatoms. The van der Waals surface area contributed by atoms with Crippen LogP contribution in [-0.4, -0.2) is 27.3 Å². The van der Waals surface area contributed by atoms with Gasteiger partial charge in [-0.2, -0.15) is 5.10 Å². The van der Waals surface area contributed by atoms with Gasteiger partial charge in [-0.1, -0.05) is 18.2 Å². The molecule has 2 heterocycles. The van der Waals surface area contributed by atoms with E-state index in [2.05, 4.69) is 10.4 Å². The van der Waals surface area contributed by atoms with Gasteiger partial charge in [-0.25, -0.2) is 4.79 Å². The number of aryl methyl sites for hydroxylation is 1. The van der Waals surface area contributed by atoms with Crippen LogP contribution >= 0.6 is 0 Å². The fourth-order valence-corrected chi connectivity index (χ4v) is 2.37. The second kappa shape index (κ2) is 5.93. The van der Waals surface area contributed by atoms with E-state index >= 15 is 0 Å². The molecule has 2 aromatic heterocycles. The van der Waals surface area contributed by atoms with Crippen molar-refractivity contribution in [2.24, 2.45) is 7.05 Å². The first-order chi connectivity index (χ1) is 11.4. The summed E-state index contributed by atoms with van der Waals surface area (Å²) < 4.78 is 6.70. The van der Waals surface area contributed by atoms with Crippen LogP contribution in [0.1, 0.15) is 22.8 Å². The largest absolute Gasteiger partial charge is 0.422 e. The zero-order valence-electron chi connectivity index (χ0n) is 13.3. The molecule has 124 valence electrons. The van der Waals surface area contributed by atoms with Crippen LogP contribution in [0.4, 0.5) is 0 Å². The summed E-state index contributed by atoms with van der Waals surface area (Å²) in [6.45, 7) is 1.50. The average Bonchev–Trinajstić information content (AvgIpc) is 2.99. The topological polar surface area (TPSA) is 97.4 Å². The Hall–Kier alpha value is -2.93. The number of benzene rings is 1. The molecule has 1 unspecified atom stereocenters. The number of carbonyl (C=O) groups is 1. The first-order valence-corrected chi connectivity index (χ1v) is 7.39. The van der Waals surface area contributed by atoms with Crippen molar-refractivity contribution in [1.82, 2.24) is 15.1 Å². The van der Waals surface area contributed by atoms with E-state index in [9.17, 15) is 14.7 Å². The first-order valence-electron chi connectivity index (χ1n) is 7.39. The van der Waals surface area contributed by atoms with Crippen LogP contribution in [0.3, 0.4) is 0 Å². The first kappa shape index (κ1) is 15.9. The second-order valence-electron chi connectivity index (χ2n) is 5.84. The molecule has 0 bridgehead atoms. The van der Waals surface area contributed by atoms with Gasteiger partial charge in [0.2, 0.25) is 0 Å². The molecule has 7 nitrogen and oxygen atoms in total. The van der Waals surface area contributed by atoms with Crippen LogP contribution in [0.5, 0.6) is 0 Å². The molecule has 0 saturated carbocycles. The van der Waals surface area contributed by atoms with Gasteiger partial charge in [0.1, 0.15) is 16.7 Å². The lowest BCUT2D eigenvalue weighted by Gasteiger charge is -2.22. The lowest BCUT2D eigenvalue weighted by molar-refractivity contribution is 0.0525. The number of aliphatic hydroxyl groups is 1. The summed E-state index contributed by atoms with van der Waals surface area (Å²) in [7, 11) is 1.73. The number of aromatic nitrogens is 2. The Balaban J connectivity index is 1.80. The van der Waals surface area contributed by atoms with Crippen LogP contribution in [0, 0.1) is 0 Å². The number of rotatable bonds is 4. The zero-order valence-corrected chi connectivity index (χ0v) is 13.3. The predicted molar refractivity (Wildman–Crippen MR) is 87.6 cm³/mol. The smallest absolute Gasteiger partial charge is 0.349 e. The molecular weight excluding hydrogens is 310 g/mol. The average molecular weight is 327 g/mol. The van der Waals surface area contributed by atoms with E-state index in [1.807, 2.05) is 0 Å². The van der Waals surface area contributed by atoms with E-state index in [1.54, 1.807) is 49.1 Å². The van der Waals surface area contributed by atoms with E-state index in [-0.39, 0.29) is 12.1 Å². The molecule has 0 fully saturated rings. The molecule has 0 aliphatic rings. The van der Waals surface area contributed by atoms with Crippen molar-refractivity contribution in [2.75, 3.05) is 6.54 Å². The predicted octanol–water partition coefficient (Wildman–Crippen LogP) is 1.16. The van der Waals surface area contributed by atoms with Crippen LogP contribution in [-0.2, 0) is 12.6 Å². The van der Waals surface area contributed by atoms with Gasteiger partial charge in [0.15, 0.2) is 0 Å². The van der Waals surface area contributed by atoms with Gasteiger partial charge in [-0.3, -0.25) is 9.48 Å². The summed E-state index contributed by atoms with van der Waals surface area (Å²) >= 11 is 0. The monoisotopic (exact) mass is 327 g/mol. The molecule has 3 aromatic rings. The molecule has 1 amide bonds. The SMILES string of the molecule is Cn1cc(C(C)(O)CNC(=O)c2cc3ccccc3oc2=O)cn1. The molecule has 24 heavy (non-hydrogen) atoms. The maximum Gasteiger partial charge on any atom is 0.349 e. The summed E-state index contributed by atoms with van der Waals surface area (Å²) in [5.41, 5.74) is -1.14. The molecule has 0 saturated heterocycles. The number of hydrogen-bond acceptors (Lipinski definition) is 5. The van der Waals surface area contributed by atoms with E-state index in [0.717, 1.165) is 0 Å². The van der Waals surface area contributed by atoms with Crippen LogP contribution in [0.25, 0.3) is 11.0 Å². The third kappa shape index (κ3) is 3.07. The van der Waals surface area contributed by atoms with Crippen molar-refractivity contribution in [1.29, 1.82) is 0 Å². The van der Waals surface area contributed by atoms with Crippen molar-refractivity contribution < 1.29 is 14.3 Å². The van der Waals surface area contributed by atoms with Crippen LogP contribution < -0.4 is 10.9 Å². The maximum absolute atomic E-state index is 12.3. The number of nitrogens with zero attached hydrogens (tertiary/aromatic N) is 2. The lowest BCUT2D eigenvalue weighted by Crippen LogP contribution is -2.39. The summed E-state index contributed by atoms with van der Waals surface area (Å²) in [6, 6.07) is 8.43. The summed E-state index contributed by atoms with van der Waals surface area (Å²) in [6.07, 6.45) is 3.19. The Kier molecular flexibility index (Phi) is 3.94. The fraction of sp³-hybridized carbons (Fsp3) is 0.235.